The number of hydrogen-bond acceptors (Lipinski definition) is 4. The van der Waals surface area contributed by atoms with Crippen LogP contribution in [0.4, 0.5) is 20.2 Å². The molecule has 2 rings (SSSR count). The zero-order valence-electron chi connectivity index (χ0n) is 11.0. The zero-order valence-corrected chi connectivity index (χ0v) is 11.0. The summed E-state index contributed by atoms with van der Waals surface area (Å²) in [4.78, 5) is 12.0. The standard InChI is InChI=1S/C14H12F2N2O3/c1-21-8-2-3-12(19)9(6-8)14(20)18-13-10(16)4-7(15)5-11(13)17/h2-6,19H,17H2,1H3,(H,18,20). The third-order valence-corrected chi connectivity index (χ3v) is 2.77. The number of rotatable bonds is 3. The number of carbonyl (C=O) groups excluding carboxylic acids is 1. The van der Waals surface area contributed by atoms with E-state index in [9.17, 15) is 18.7 Å². The van der Waals surface area contributed by atoms with Crippen molar-refractivity contribution in [2.24, 2.45) is 0 Å². The molecule has 0 heterocycles. The van der Waals surface area contributed by atoms with Crippen molar-refractivity contribution in [3.63, 3.8) is 0 Å². The molecule has 2 aromatic carbocycles. The van der Waals surface area contributed by atoms with Crippen LogP contribution in [-0.2, 0) is 0 Å². The third-order valence-electron chi connectivity index (χ3n) is 2.77. The second-order valence-electron chi connectivity index (χ2n) is 4.19. The number of halogens is 2. The Morgan fingerprint density at radius 1 is 1.29 bits per heavy atom. The van der Waals surface area contributed by atoms with Gasteiger partial charge in [-0.1, -0.05) is 0 Å². The second kappa shape index (κ2) is 5.66. The lowest BCUT2D eigenvalue weighted by Gasteiger charge is -2.11. The number of phenolic OH excluding ortho intramolecular Hbond substituents is 1. The molecular weight excluding hydrogens is 282 g/mol. The molecule has 0 saturated carbocycles. The van der Waals surface area contributed by atoms with E-state index >= 15 is 0 Å². The Labute approximate surface area is 119 Å². The molecule has 0 radical (unpaired) electrons. The number of aromatic hydroxyl groups is 1. The van der Waals surface area contributed by atoms with E-state index < -0.39 is 17.5 Å². The number of phenols is 1. The topological polar surface area (TPSA) is 84.6 Å². The van der Waals surface area contributed by atoms with Gasteiger partial charge >= 0.3 is 0 Å². The van der Waals surface area contributed by atoms with Crippen LogP contribution in [0.3, 0.4) is 0 Å². The lowest BCUT2D eigenvalue weighted by Crippen LogP contribution is -2.15. The smallest absolute Gasteiger partial charge is 0.259 e. The summed E-state index contributed by atoms with van der Waals surface area (Å²) >= 11 is 0. The Hall–Kier alpha value is -2.83. The molecule has 0 fully saturated rings. The molecule has 110 valence electrons. The number of carbonyl (C=O) groups is 1. The van der Waals surface area contributed by atoms with Crippen molar-refractivity contribution < 1.29 is 23.4 Å². The molecular formula is C14H12F2N2O3. The molecule has 0 aliphatic heterocycles. The van der Waals surface area contributed by atoms with Gasteiger partial charge in [0.2, 0.25) is 0 Å². The van der Waals surface area contributed by atoms with Gasteiger partial charge in [-0.05, 0) is 24.3 Å². The number of nitrogens with two attached hydrogens (primary N) is 1. The molecule has 21 heavy (non-hydrogen) atoms. The Morgan fingerprint density at radius 2 is 2.00 bits per heavy atom. The molecule has 7 heteroatoms. The molecule has 2 aromatic rings. The number of ether oxygens (including phenoxy) is 1. The zero-order chi connectivity index (χ0) is 15.6. The first-order valence-corrected chi connectivity index (χ1v) is 5.85. The van der Waals surface area contributed by atoms with Crippen LogP contribution in [0.5, 0.6) is 11.5 Å². The highest BCUT2D eigenvalue weighted by atomic mass is 19.1. The predicted molar refractivity (Wildman–Crippen MR) is 73.4 cm³/mol. The number of nitrogens with one attached hydrogen (secondary N) is 1. The molecule has 0 saturated heterocycles. The summed E-state index contributed by atoms with van der Waals surface area (Å²) in [5.41, 5.74) is 4.71. The van der Waals surface area contributed by atoms with Gasteiger partial charge in [0.25, 0.3) is 5.91 Å². The minimum absolute atomic E-state index is 0.127. The molecule has 5 nitrogen and oxygen atoms in total. The average Bonchev–Trinajstić information content (AvgIpc) is 2.43. The van der Waals surface area contributed by atoms with Gasteiger partial charge in [0.05, 0.1) is 18.4 Å². The number of benzene rings is 2. The maximum absolute atomic E-state index is 13.6. The van der Waals surface area contributed by atoms with Crippen LogP contribution < -0.4 is 15.8 Å². The first-order chi connectivity index (χ1) is 9.92. The highest BCUT2D eigenvalue weighted by Crippen LogP contribution is 2.27. The van der Waals surface area contributed by atoms with Crippen molar-refractivity contribution in [3.05, 3.63) is 47.5 Å². The van der Waals surface area contributed by atoms with E-state index in [1.807, 2.05) is 0 Å². The van der Waals surface area contributed by atoms with E-state index in [4.69, 9.17) is 10.5 Å². The van der Waals surface area contributed by atoms with Crippen LogP contribution in [0, 0.1) is 11.6 Å². The molecule has 0 bridgehead atoms. The van der Waals surface area contributed by atoms with Crippen LogP contribution in [0.25, 0.3) is 0 Å². The number of methoxy groups -OCH3 is 1. The Kier molecular flexibility index (Phi) is 3.93. The van der Waals surface area contributed by atoms with E-state index in [-0.39, 0.29) is 22.7 Å². The summed E-state index contributed by atoms with van der Waals surface area (Å²) < 4.78 is 31.5. The van der Waals surface area contributed by atoms with Gasteiger partial charge in [-0.3, -0.25) is 4.79 Å². The van der Waals surface area contributed by atoms with Crippen LogP contribution in [0.1, 0.15) is 10.4 Å². The molecule has 0 unspecified atom stereocenters. The normalized spacial score (nSPS) is 10.2. The van der Waals surface area contributed by atoms with Gasteiger partial charge in [-0.25, -0.2) is 8.78 Å². The van der Waals surface area contributed by atoms with E-state index in [1.54, 1.807) is 0 Å². The molecule has 0 aromatic heterocycles. The molecule has 1 amide bonds. The summed E-state index contributed by atoms with van der Waals surface area (Å²) in [5.74, 6) is -2.64. The van der Waals surface area contributed by atoms with Gasteiger partial charge in [0.1, 0.15) is 23.0 Å². The predicted octanol–water partition coefficient (Wildman–Crippen LogP) is 2.51. The quantitative estimate of drug-likeness (QED) is 0.759. The Balaban J connectivity index is 2.35. The SMILES string of the molecule is COc1ccc(O)c(C(=O)Nc2c(N)cc(F)cc2F)c1. The molecule has 0 aliphatic rings. The van der Waals surface area contributed by atoms with Crippen molar-refractivity contribution in [2.75, 3.05) is 18.2 Å². The summed E-state index contributed by atoms with van der Waals surface area (Å²) in [6.07, 6.45) is 0. The highest BCUT2D eigenvalue weighted by Gasteiger charge is 2.17. The number of amides is 1. The number of nitrogen functional groups attached to an aromatic ring is 1. The summed E-state index contributed by atoms with van der Waals surface area (Å²) in [7, 11) is 1.39. The van der Waals surface area contributed by atoms with E-state index in [1.165, 1.54) is 25.3 Å². The van der Waals surface area contributed by atoms with Crippen LogP contribution in [0.2, 0.25) is 0 Å². The fourth-order valence-corrected chi connectivity index (χ4v) is 1.73. The maximum atomic E-state index is 13.6. The second-order valence-corrected chi connectivity index (χ2v) is 4.19. The number of anilines is 2. The molecule has 4 N–H and O–H groups in total. The van der Waals surface area contributed by atoms with Gasteiger partial charge in [0.15, 0.2) is 5.82 Å². The van der Waals surface area contributed by atoms with Crippen molar-refractivity contribution >= 4 is 17.3 Å². The van der Waals surface area contributed by atoms with E-state index in [2.05, 4.69) is 5.32 Å². The van der Waals surface area contributed by atoms with Crippen molar-refractivity contribution in [2.45, 2.75) is 0 Å². The largest absolute Gasteiger partial charge is 0.507 e. The Morgan fingerprint density at radius 3 is 2.62 bits per heavy atom. The van der Waals surface area contributed by atoms with Gasteiger partial charge in [-0.15, -0.1) is 0 Å². The van der Waals surface area contributed by atoms with Crippen LogP contribution in [-0.4, -0.2) is 18.1 Å². The first-order valence-electron chi connectivity index (χ1n) is 5.85. The fourth-order valence-electron chi connectivity index (χ4n) is 1.73. The first kappa shape index (κ1) is 14.6. The average molecular weight is 294 g/mol. The summed E-state index contributed by atoms with van der Waals surface area (Å²) in [6, 6.07) is 5.47. The molecule has 0 aliphatic carbocycles. The van der Waals surface area contributed by atoms with Crippen LogP contribution >= 0.6 is 0 Å². The number of hydrogen-bond donors (Lipinski definition) is 3. The minimum atomic E-state index is -1.01. The van der Waals surface area contributed by atoms with E-state index in [0.29, 0.717) is 11.8 Å². The van der Waals surface area contributed by atoms with Gasteiger partial charge < -0.3 is 20.9 Å². The lowest BCUT2D eigenvalue weighted by molar-refractivity contribution is 0.102. The van der Waals surface area contributed by atoms with Crippen molar-refractivity contribution in [3.8, 4) is 11.5 Å². The molecule has 0 atom stereocenters. The van der Waals surface area contributed by atoms with Crippen molar-refractivity contribution in [1.29, 1.82) is 0 Å². The summed E-state index contributed by atoms with van der Waals surface area (Å²) in [5, 5.41) is 11.9. The molecule has 0 spiro atoms. The minimum Gasteiger partial charge on any atom is -0.507 e. The maximum Gasteiger partial charge on any atom is 0.259 e. The lowest BCUT2D eigenvalue weighted by atomic mass is 10.1. The third kappa shape index (κ3) is 3.02. The highest BCUT2D eigenvalue weighted by molar-refractivity contribution is 6.07. The van der Waals surface area contributed by atoms with Crippen molar-refractivity contribution in [1.82, 2.24) is 0 Å². The van der Waals surface area contributed by atoms with Gasteiger partial charge in [0, 0.05) is 6.07 Å². The Bertz CT molecular complexity index is 682. The van der Waals surface area contributed by atoms with E-state index in [0.717, 1.165) is 6.07 Å². The van der Waals surface area contributed by atoms with Crippen LogP contribution in [0.15, 0.2) is 30.3 Å². The monoisotopic (exact) mass is 294 g/mol. The summed E-state index contributed by atoms with van der Waals surface area (Å²) in [6.45, 7) is 0. The van der Waals surface area contributed by atoms with Gasteiger partial charge in [-0.2, -0.15) is 0 Å². The fraction of sp³-hybridized carbons (Fsp3) is 0.0714.